The van der Waals surface area contributed by atoms with E-state index in [-0.39, 0.29) is 11.7 Å². The SMILES string of the molecule is O=C(NCCNc1ncccn1)c1cccnc1SCc1ccc(F)cc1. The molecule has 0 saturated carbocycles. The van der Waals surface area contributed by atoms with Gasteiger partial charge in [0.1, 0.15) is 10.8 Å². The van der Waals surface area contributed by atoms with Gasteiger partial charge in [0.2, 0.25) is 5.95 Å². The van der Waals surface area contributed by atoms with Crippen molar-refractivity contribution in [2.24, 2.45) is 0 Å². The number of carbonyl (C=O) groups is 1. The summed E-state index contributed by atoms with van der Waals surface area (Å²) in [4.78, 5) is 24.9. The van der Waals surface area contributed by atoms with Gasteiger partial charge in [0.05, 0.1) is 5.56 Å². The summed E-state index contributed by atoms with van der Waals surface area (Å²) in [5.74, 6) is 0.658. The third-order valence-corrected chi connectivity index (χ3v) is 4.64. The third-order valence-electron chi connectivity index (χ3n) is 3.56. The highest BCUT2D eigenvalue weighted by Crippen LogP contribution is 2.24. The molecule has 138 valence electrons. The zero-order valence-corrected chi connectivity index (χ0v) is 15.2. The molecule has 0 fully saturated rings. The van der Waals surface area contributed by atoms with Gasteiger partial charge in [-0.15, -0.1) is 11.8 Å². The molecule has 0 radical (unpaired) electrons. The third kappa shape index (κ3) is 5.75. The predicted octanol–water partition coefficient (Wildman–Crippen LogP) is 3.14. The number of aromatic nitrogens is 3. The summed E-state index contributed by atoms with van der Waals surface area (Å²) in [6, 6.07) is 11.5. The number of rotatable bonds is 8. The van der Waals surface area contributed by atoms with E-state index < -0.39 is 0 Å². The molecule has 0 aliphatic rings. The van der Waals surface area contributed by atoms with Crippen LogP contribution in [0.3, 0.4) is 0 Å². The lowest BCUT2D eigenvalue weighted by molar-refractivity contribution is 0.0951. The number of anilines is 1. The van der Waals surface area contributed by atoms with Gasteiger partial charge in [0.25, 0.3) is 5.91 Å². The van der Waals surface area contributed by atoms with Crippen molar-refractivity contribution < 1.29 is 9.18 Å². The number of amides is 1. The molecule has 8 heteroatoms. The highest BCUT2D eigenvalue weighted by molar-refractivity contribution is 7.98. The van der Waals surface area contributed by atoms with Crippen molar-refractivity contribution in [2.45, 2.75) is 10.8 Å². The van der Waals surface area contributed by atoms with Crippen LogP contribution < -0.4 is 10.6 Å². The number of hydrogen-bond acceptors (Lipinski definition) is 6. The fourth-order valence-electron chi connectivity index (χ4n) is 2.25. The van der Waals surface area contributed by atoms with E-state index in [2.05, 4.69) is 25.6 Å². The number of benzene rings is 1. The molecule has 0 aliphatic heterocycles. The fourth-order valence-corrected chi connectivity index (χ4v) is 3.19. The average Bonchev–Trinajstić information content (AvgIpc) is 2.71. The maximum atomic E-state index is 13.0. The van der Waals surface area contributed by atoms with E-state index in [9.17, 15) is 9.18 Å². The molecular formula is C19H18FN5OS. The maximum Gasteiger partial charge on any atom is 0.254 e. The first-order chi connectivity index (χ1) is 13.2. The van der Waals surface area contributed by atoms with Gasteiger partial charge in [-0.1, -0.05) is 12.1 Å². The van der Waals surface area contributed by atoms with Crippen LogP contribution in [-0.2, 0) is 5.75 Å². The Morgan fingerprint density at radius 3 is 2.48 bits per heavy atom. The number of pyridine rings is 1. The normalized spacial score (nSPS) is 10.4. The Morgan fingerprint density at radius 2 is 1.70 bits per heavy atom. The molecule has 1 aromatic carbocycles. The predicted molar refractivity (Wildman–Crippen MR) is 103 cm³/mol. The molecule has 1 amide bonds. The molecule has 0 unspecified atom stereocenters. The van der Waals surface area contributed by atoms with Crippen LogP contribution in [0.2, 0.25) is 0 Å². The van der Waals surface area contributed by atoms with Crippen LogP contribution in [0.25, 0.3) is 0 Å². The highest BCUT2D eigenvalue weighted by atomic mass is 32.2. The van der Waals surface area contributed by atoms with Crippen molar-refractivity contribution in [3.05, 3.63) is 78.0 Å². The smallest absolute Gasteiger partial charge is 0.254 e. The van der Waals surface area contributed by atoms with Crippen molar-refractivity contribution in [1.29, 1.82) is 0 Å². The van der Waals surface area contributed by atoms with E-state index in [1.54, 1.807) is 48.9 Å². The van der Waals surface area contributed by atoms with Crippen molar-refractivity contribution >= 4 is 23.6 Å². The number of carbonyl (C=O) groups excluding carboxylic acids is 1. The molecule has 6 nitrogen and oxygen atoms in total. The molecule has 2 aromatic heterocycles. The van der Waals surface area contributed by atoms with Crippen LogP contribution in [0.15, 0.2) is 66.1 Å². The molecule has 2 N–H and O–H groups in total. The largest absolute Gasteiger partial charge is 0.352 e. The first-order valence-corrected chi connectivity index (χ1v) is 9.32. The van der Waals surface area contributed by atoms with Crippen LogP contribution in [0.4, 0.5) is 10.3 Å². The standard InChI is InChI=1S/C19H18FN5OS/c20-15-6-4-14(5-7-15)13-27-18-16(3-1-8-22-18)17(26)21-11-12-25-19-23-9-2-10-24-19/h1-10H,11-13H2,(H,21,26)(H,23,24,25). The van der Waals surface area contributed by atoms with Crippen LogP contribution in [0.5, 0.6) is 0 Å². The Kier molecular flexibility index (Phi) is 6.70. The highest BCUT2D eigenvalue weighted by Gasteiger charge is 2.12. The Morgan fingerprint density at radius 1 is 0.963 bits per heavy atom. The summed E-state index contributed by atoms with van der Waals surface area (Å²) in [5.41, 5.74) is 1.48. The Bertz CT molecular complexity index is 877. The molecule has 3 rings (SSSR count). The summed E-state index contributed by atoms with van der Waals surface area (Å²) < 4.78 is 13.0. The first-order valence-electron chi connectivity index (χ1n) is 8.34. The van der Waals surface area contributed by atoms with Gasteiger partial charge in [-0.3, -0.25) is 4.79 Å². The number of halogens is 1. The maximum absolute atomic E-state index is 13.0. The lowest BCUT2D eigenvalue weighted by Crippen LogP contribution is -2.29. The molecule has 2 heterocycles. The Balaban J connectivity index is 1.52. The first kappa shape index (κ1) is 18.8. The fraction of sp³-hybridized carbons (Fsp3) is 0.158. The van der Waals surface area contributed by atoms with Crippen LogP contribution >= 0.6 is 11.8 Å². The molecule has 0 aliphatic carbocycles. The van der Waals surface area contributed by atoms with Gasteiger partial charge in [-0.2, -0.15) is 0 Å². The van der Waals surface area contributed by atoms with Gasteiger partial charge >= 0.3 is 0 Å². The van der Waals surface area contributed by atoms with Crippen molar-refractivity contribution in [3.8, 4) is 0 Å². The van der Waals surface area contributed by atoms with Gasteiger partial charge in [0, 0.05) is 37.4 Å². The number of thioether (sulfide) groups is 1. The molecular weight excluding hydrogens is 365 g/mol. The molecule has 0 saturated heterocycles. The molecule has 0 atom stereocenters. The molecule has 0 spiro atoms. The van der Waals surface area contributed by atoms with Crippen LogP contribution in [-0.4, -0.2) is 33.9 Å². The van der Waals surface area contributed by atoms with E-state index in [0.717, 1.165) is 5.56 Å². The van der Waals surface area contributed by atoms with Gasteiger partial charge in [-0.25, -0.2) is 19.3 Å². The topological polar surface area (TPSA) is 79.8 Å². The second-order valence-electron chi connectivity index (χ2n) is 5.53. The second kappa shape index (κ2) is 9.63. The summed E-state index contributed by atoms with van der Waals surface area (Å²) in [5, 5.41) is 6.52. The lowest BCUT2D eigenvalue weighted by atomic mass is 10.2. The molecule has 27 heavy (non-hydrogen) atoms. The molecule has 0 bridgehead atoms. The lowest BCUT2D eigenvalue weighted by Gasteiger charge is -2.10. The van der Waals surface area contributed by atoms with Crippen molar-refractivity contribution in [3.63, 3.8) is 0 Å². The number of nitrogens with one attached hydrogen (secondary N) is 2. The second-order valence-corrected chi connectivity index (χ2v) is 6.49. The Hall–Kier alpha value is -3.00. The zero-order valence-electron chi connectivity index (χ0n) is 14.4. The van der Waals surface area contributed by atoms with Gasteiger partial charge in [-0.05, 0) is 35.9 Å². The zero-order chi connectivity index (χ0) is 18.9. The minimum absolute atomic E-state index is 0.194. The van der Waals surface area contributed by atoms with Gasteiger partial charge in [0.15, 0.2) is 0 Å². The van der Waals surface area contributed by atoms with E-state index in [4.69, 9.17) is 0 Å². The minimum Gasteiger partial charge on any atom is -0.352 e. The average molecular weight is 383 g/mol. The quantitative estimate of drug-likeness (QED) is 0.460. The summed E-state index contributed by atoms with van der Waals surface area (Å²) in [7, 11) is 0. The van der Waals surface area contributed by atoms with E-state index in [1.807, 2.05) is 0 Å². The van der Waals surface area contributed by atoms with E-state index in [1.165, 1.54) is 23.9 Å². The van der Waals surface area contributed by atoms with Crippen molar-refractivity contribution in [2.75, 3.05) is 18.4 Å². The summed E-state index contributed by atoms with van der Waals surface area (Å²) in [6.07, 6.45) is 4.94. The molecule has 3 aromatic rings. The van der Waals surface area contributed by atoms with E-state index in [0.29, 0.717) is 35.4 Å². The van der Waals surface area contributed by atoms with Crippen LogP contribution in [0, 0.1) is 5.82 Å². The minimum atomic E-state index is -0.267. The van der Waals surface area contributed by atoms with Crippen LogP contribution in [0.1, 0.15) is 15.9 Å². The summed E-state index contributed by atoms with van der Waals surface area (Å²) >= 11 is 1.44. The number of nitrogens with zero attached hydrogens (tertiary/aromatic N) is 3. The number of hydrogen-bond donors (Lipinski definition) is 2. The Labute approximate surface area is 160 Å². The van der Waals surface area contributed by atoms with Gasteiger partial charge < -0.3 is 10.6 Å². The van der Waals surface area contributed by atoms with E-state index >= 15 is 0 Å². The monoisotopic (exact) mass is 383 g/mol. The van der Waals surface area contributed by atoms with Crippen molar-refractivity contribution in [1.82, 2.24) is 20.3 Å². The summed E-state index contributed by atoms with van der Waals surface area (Å²) in [6.45, 7) is 0.933.